The van der Waals surface area contributed by atoms with Crippen LogP contribution in [0.4, 0.5) is 0 Å². The number of hydrogen-bond donors (Lipinski definition) is 1. The zero-order chi connectivity index (χ0) is 18.5. The first kappa shape index (κ1) is 18.9. The van der Waals surface area contributed by atoms with Gasteiger partial charge in [0.05, 0.1) is 5.25 Å². The van der Waals surface area contributed by atoms with E-state index in [1.165, 1.54) is 24.6 Å². The normalized spacial score (nSPS) is 16.2. The Balaban J connectivity index is 1.76. The lowest BCUT2D eigenvalue weighted by atomic mass is 10.2. The number of carbonyl (C=O) groups excluding carboxylic acids is 1. The van der Waals surface area contributed by atoms with Gasteiger partial charge in [-0.1, -0.05) is 38.5 Å². The zero-order valence-electron chi connectivity index (χ0n) is 15.7. The number of aromatic nitrogens is 4. The van der Waals surface area contributed by atoms with Crippen molar-refractivity contribution in [1.29, 1.82) is 0 Å². The summed E-state index contributed by atoms with van der Waals surface area (Å²) in [6.07, 6.45) is 8.16. The van der Waals surface area contributed by atoms with Crippen LogP contribution in [0.25, 0.3) is 11.4 Å². The van der Waals surface area contributed by atoms with E-state index >= 15 is 0 Å². The molecule has 2 aromatic heterocycles. The van der Waals surface area contributed by atoms with Crippen LogP contribution in [-0.4, -0.2) is 36.9 Å². The number of hydrogen-bond acceptors (Lipinski definition) is 5. The van der Waals surface area contributed by atoms with E-state index in [2.05, 4.69) is 38.9 Å². The van der Waals surface area contributed by atoms with E-state index in [1.54, 1.807) is 12.4 Å². The Hall–Kier alpha value is -1.89. The van der Waals surface area contributed by atoms with E-state index in [-0.39, 0.29) is 11.2 Å². The average Bonchev–Trinajstić information content (AvgIpc) is 3.26. The summed E-state index contributed by atoms with van der Waals surface area (Å²) in [7, 11) is 0. The first-order valence-corrected chi connectivity index (χ1v) is 10.2. The number of nitrogens with zero attached hydrogens (tertiary/aromatic N) is 4. The Morgan fingerprint density at radius 1 is 1.31 bits per heavy atom. The molecular weight excluding hydrogens is 346 g/mol. The second kappa shape index (κ2) is 8.66. The van der Waals surface area contributed by atoms with Crippen molar-refractivity contribution in [2.75, 3.05) is 0 Å². The minimum Gasteiger partial charge on any atom is -0.352 e. The molecule has 1 N–H and O–H groups in total. The molecule has 1 fully saturated rings. The molecule has 6 nitrogen and oxygen atoms in total. The van der Waals surface area contributed by atoms with Crippen LogP contribution >= 0.6 is 11.8 Å². The fourth-order valence-electron chi connectivity index (χ4n) is 3.21. The molecule has 7 heteroatoms. The fraction of sp³-hybridized carbons (Fsp3) is 0.579. The summed E-state index contributed by atoms with van der Waals surface area (Å²) in [5.74, 6) is 1.34. The van der Waals surface area contributed by atoms with Crippen LogP contribution in [-0.2, 0) is 11.3 Å². The van der Waals surface area contributed by atoms with Crippen molar-refractivity contribution >= 4 is 17.7 Å². The van der Waals surface area contributed by atoms with E-state index in [4.69, 9.17) is 0 Å². The minimum absolute atomic E-state index is 0.0870. The standard InChI is InChI=1S/C19H27N5OS/c1-13(2)12-24-17(15-7-6-10-20-11-15)22-23-19(24)26-14(3)18(25)21-16-8-4-5-9-16/h6-7,10-11,13-14,16H,4-5,8-9,12H2,1-3H3,(H,21,25)/t14-/m1/s1. The average molecular weight is 374 g/mol. The number of carbonyl (C=O) groups is 1. The van der Waals surface area contributed by atoms with Crippen molar-refractivity contribution in [2.24, 2.45) is 5.92 Å². The smallest absolute Gasteiger partial charge is 0.233 e. The van der Waals surface area contributed by atoms with Gasteiger partial charge in [0.1, 0.15) is 0 Å². The van der Waals surface area contributed by atoms with Crippen molar-refractivity contribution in [1.82, 2.24) is 25.1 Å². The van der Waals surface area contributed by atoms with Crippen LogP contribution in [0.3, 0.4) is 0 Å². The molecule has 0 unspecified atom stereocenters. The molecule has 1 aliphatic carbocycles. The van der Waals surface area contributed by atoms with E-state index in [0.717, 1.165) is 35.9 Å². The quantitative estimate of drug-likeness (QED) is 0.752. The van der Waals surface area contributed by atoms with Crippen LogP contribution in [0.5, 0.6) is 0 Å². The first-order valence-electron chi connectivity index (χ1n) is 9.35. The molecule has 1 aliphatic rings. The van der Waals surface area contributed by atoms with Crippen molar-refractivity contribution in [3.8, 4) is 11.4 Å². The molecule has 3 rings (SSSR count). The van der Waals surface area contributed by atoms with Crippen LogP contribution in [0.2, 0.25) is 0 Å². The number of rotatable bonds is 7. The maximum atomic E-state index is 12.5. The lowest BCUT2D eigenvalue weighted by Gasteiger charge is -2.17. The minimum atomic E-state index is -0.201. The summed E-state index contributed by atoms with van der Waals surface area (Å²) in [4.78, 5) is 16.7. The Labute approximate surface area is 159 Å². The summed E-state index contributed by atoms with van der Waals surface area (Å²) >= 11 is 1.48. The van der Waals surface area contributed by atoms with Gasteiger partial charge in [-0.05, 0) is 37.8 Å². The van der Waals surface area contributed by atoms with Gasteiger partial charge in [-0.2, -0.15) is 0 Å². The summed E-state index contributed by atoms with van der Waals surface area (Å²) < 4.78 is 2.10. The van der Waals surface area contributed by atoms with Crippen LogP contribution in [0.1, 0.15) is 46.5 Å². The summed E-state index contributed by atoms with van der Waals surface area (Å²) in [5.41, 5.74) is 0.940. The Kier molecular flexibility index (Phi) is 6.29. The molecule has 0 saturated heterocycles. The molecule has 26 heavy (non-hydrogen) atoms. The van der Waals surface area contributed by atoms with Gasteiger partial charge >= 0.3 is 0 Å². The Morgan fingerprint density at radius 3 is 2.73 bits per heavy atom. The third kappa shape index (κ3) is 4.63. The second-order valence-corrected chi connectivity index (χ2v) is 8.61. The Morgan fingerprint density at radius 2 is 2.08 bits per heavy atom. The van der Waals surface area contributed by atoms with E-state index in [0.29, 0.717) is 12.0 Å². The Bertz CT molecular complexity index is 725. The third-order valence-corrected chi connectivity index (χ3v) is 5.62. The number of pyridine rings is 1. The van der Waals surface area contributed by atoms with Gasteiger partial charge in [0.15, 0.2) is 11.0 Å². The van der Waals surface area contributed by atoms with Gasteiger partial charge < -0.3 is 9.88 Å². The molecule has 0 aromatic carbocycles. The molecule has 140 valence electrons. The van der Waals surface area contributed by atoms with Crippen molar-refractivity contribution in [2.45, 2.75) is 69.4 Å². The van der Waals surface area contributed by atoms with Gasteiger partial charge in [-0.3, -0.25) is 9.78 Å². The SMILES string of the molecule is CC(C)Cn1c(S[C@H](C)C(=O)NC2CCCC2)nnc1-c1cccnc1. The predicted molar refractivity (Wildman–Crippen MR) is 104 cm³/mol. The summed E-state index contributed by atoms with van der Waals surface area (Å²) in [6.45, 7) is 7.07. The zero-order valence-corrected chi connectivity index (χ0v) is 16.5. The van der Waals surface area contributed by atoms with E-state index < -0.39 is 0 Å². The number of nitrogens with one attached hydrogen (secondary N) is 1. The van der Waals surface area contributed by atoms with Gasteiger partial charge in [0.25, 0.3) is 0 Å². The topological polar surface area (TPSA) is 72.7 Å². The van der Waals surface area contributed by atoms with Gasteiger partial charge in [-0.15, -0.1) is 10.2 Å². The molecule has 2 aromatic rings. The number of thioether (sulfide) groups is 1. The molecule has 1 saturated carbocycles. The fourth-order valence-corrected chi connectivity index (χ4v) is 4.08. The highest BCUT2D eigenvalue weighted by molar-refractivity contribution is 8.00. The molecular formula is C19H27N5OS. The highest BCUT2D eigenvalue weighted by Crippen LogP contribution is 2.28. The molecule has 0 aliphatic heterocycles. The van der Waals surface area contributed by atoms with Gasteiger partial charge in [-0.25, -0.2) is 0 Å². The van der Waals surface area contributed by atoms with Gasteiger partial charge in [0.2, 0.25) is 5.91 Å². The largest absolute Gasteiger partial charge is 0.352 e. The van der Waals surface area contributed by atoms with E-state index in [1.807, 2.05) is 19.1 Å². The number of amides is 1. The molecule has 1 atom stereocenters. The third-order valence-electron chi connectivity index (χ3n) is 4.54. The van der Waals surface area contributed by atoms with Crippen LogP contribution in [0, 0.1) is 5.92 Å². The molecule has 0 bridgehead atoms. The highest BCUT2D eigenvalue weighted by Gasteiger charge is 2.24. The first-order chi connectivity index (χ1) is 12.5. The summed E-state index contributed by atoms with van der Waals surface area (Å²) in [5, 5.41) is 12.5. The molecule has 1 amide bonds. The van der Waals surface area contributed by atoms with Crippen molar-refractivity contribution in [3.05, 3.63) is 24.5 Å². The van der Waals surface area contributed by atoms with E-state index in [9.17, 15) is 4.79 Å². The van der Waals surface area contributed by atoms with Crippen molar-refractivity contribution < 1.29 is 4.79 Å². The van der Waals surface area contributed by atoms with Crippen LogP contribution in [0.15, 0.2) is 29.7 Å². The van der Waals surface area contributed by atoms with Gasteiger partial charge in [0, 0.05) is 30.5 Å². The second-order valence-electron chi connectivity index (χ2n) is 7.30. The molecule has 0 spiro atoms. The maximum absolute atomic E-state index is 12.5. The highest BCUT2D eigenvalue weighted by atomic mass is 32.2. The van der Waals surface area contributed by atoms with Crippen molar-refractivity contribution in [3.63, 3.8) is 0 Å². The monoisotopic (exact) mass is 373 g/mol. The van der Waals surface area contributed by atoms with Crippen LogP contribution < -0.4 is 5.32 Å². The summed E-state index contributed by atoms with van der Waals surface area (Å²) in [6, 6.07) is 4.22. The maximum Gasteiger partial charge on any atom is 0.233 e. The molecule has 0 radical (unpaired) electrons. The molecule has 2 heterocycles. The lowest BCUT2D eigenvalue weighted by molar-refractivity contribution is -0.120. The predicted octanol–water partition coefficient (Wildman–Crippen LogP) is 3.54. The lowest BCUT2D eigenvalue weighted by Crippen LogP contribution is -2.37.